The third kappa shape index (κ3) is 5.71. The first-order chi connectivity index (χ1) is 12.5. The van der Waals surface area contributed by atoms with Gasteiger partial charge in [0.25, 0.3) is 0 Å². The van der Waals surface area contributed by atoms with E-state index in [2.05, 4.69) is 43.4 Å². The van der Waals surface area contributed by atoms with Gasteiger partial charge in [-0.15, -0.1) is 0 Å². The van der Waals surface area contributed by atoms with E-state index >= 15 is 0 Å². The average molecular weight is 362 g/mol. The number of carbonyl (C=O) groups excluding carboxylic acids is 1. The minimum Gasteiger partial charge on any atom is -0.395 e. The number of likely N-dealkylation sites (N-methyl/N-ethyl adjacent to an activating group) is 1. The number of rotatable bonds is 8. The molecule has 1 fully saturated rings. The zero-order chi connectivity index (χ0) is 19.0. The van der Waals surface area contributed by atoms with Crippen molar-refractivity contribution >= 4 is 6.03 Å². The number of nitrogens with zero attached hydrogens (tertiary/aromatic N) is 2. The molecule has 0 heterocycles. The third-order valence-electron chi connectivity index (χ3n) is 5.76. The highest BCUT2D eigenvalue weighted by Gasteiger charge is 2.37. The van der Waals surface area contributed by atoms with Crippen molar-refractivity contribution < 1.29 is 9.90 Å². The van der Waals surface area contributed by atoms with Gasteiger partial charge in [-0.05, 0) is 44.8 Å². The summed E-state index contributed by atoms with van der Waals surface area (Å²) in [6.45, 7) is 3.93. The second kappa shape index (κ2) is 9.93. The summed E-state index contributed by atoms with van der Waals surface area (Å²) >= 11 is 0. The van der Waals surface area contributed by atoms with E-state index in [1.165, 1.54) is 18.4 Å². The largest absolute Gasteiger partial charge is 0.395 e. The minimum atomic E-state index is -0.0746. The molecule has 26 heavy (non-hydrogen) atoms. The third-order valence-corrected chi connectivity index (χ3v) is 5.76. The van der Waals surface area contributed by atoms with Crippen LogP contribution in [0.1, 0.15) is 38.2 Å². The van der Waals surface area contributed by atoms with Gasteiger partial charge in [0.1, 0.15) is 0 Å². The van der Waals surface area contributed by atoms with Crippen molar-refractivity contribution in [1.29, 1.82) is 0 Å². The van der Waals surface area contributed by atoms with Crippen LogP contribution >= 0.6 is 0 Å². The molecular formula is C21H35N3O2. The van der Waals surface area contributed by atoms with Gasteiger partial charge in [-0.1, -0.05) is 50.1 Å². The van der Waals surface area contributed by atoms with Crippen LogP contribution in [-0.2, 0) is 6.42 Å². The van der Waals surface area contributed by atoms with Crippen molar-refractivity contribution in [2.75, 3.05) is 40.3 Å². The molecule has 2 amide bonds. The van der Waals surface area contributed by atoms with Gasteiger partial charge in [0, 0.05) is 25.2 Å². The van der Waals surface area contributed by atoms with Gasteiger partial charge in [0.05, 0.1) is 6.61 Å². The molecule has 1 aliphatic carbocycles. The molecule has 2 N–H and O–H groups in total. The summed E-state index contributed by atoms with van der Waals surface area (Å²) in [7, 11) is 4.23. The molecule has 5 heteroatoms. The van der Waals surface area contributed by atoms with E-state index in [0.29, 0.717) is 25.6 Å². The molecule has 2 rings (SSSR count). The minimum absolute atomic E-state index is 0.0158. The molecule has 146 valence electrons. The molecule has 1 saturated carbocycles. The molecule has 0 spiro atoms. The summed E-state index contributed by atoms with van der Waals surface area (Å²) < 4.78 is 0. The quantitative estimate of drug-likeness (QED) is 0.749. The number of urea groups is 1. The summed E-state index contributed by atoms with van der Waals surface area (Å²) in [5.74, 6) is 0.690. The Bertz CT molecular complexity index is 549. The lowest BCUT2D eigenvalue weighted by Crippen LogP contribution is -2.56. The molecular weight excluding hydrogens is 326 g/mol. The Morgan fingerprint density at radius 2 is 2.00 bits per heavy atom. The number of hydrogen-bond acceptors (Lipinski definition) is 3. The number of aliphatic hydroxyl groups is 1. The number of nitrogens with one attached hydrogen (secondary N) is 1. The summed E-state index contributed by atoms with van der Waals surface area (Å²) in [5, 5.41) is 12.5. The first kappa shape index (κ1) is 20.7. The lowest BCUT2D eigenvalue weighted by atomic mass is 9.75. The van der Waals surface area contributed by atoms with Crippen LogP contribution in [0.5, 0.6) is 0 Å². The van der Waals surface area contributed by atoms with Crippen LogP contribution in [0.4, 0.5) is 4.79 Å². The molecule has 1 aromatic carbocycles. The molecule has 0 saturated heterocycles. The second-order valence-electron chi connectivity index (χ2n) is 7.93. The van der Waals surface area contributed by atoms with E-state index < -0.39 is 0 Å². The highest BCUT2D eigenvalue weighted by Crippen LogP contribution is 2.35. The van der Waals surface area contributed by atoms with E-state index in [0.717, 1.165) is 19.3 Å². The van der Waals surface area contributed by atoms with Crippen LogP contribution in [0.25, 0.3) is 0 Å². The summed E-state index contributed by atoms with van der Waals surface area (Å²) in [4.78, 5) is 16.7. The first-order valence-electron chi connectivity index (χ1n) is 9.82. The number of aliphatic hydroxyl groups excluding tert-OH is 1. The Balaban J connectivity index is 1.93. The summed E-state index contributed by atoms with van der Waals surface area (Å²) in [6.07, 6.45) is 5.52. The normalized spacial score (nSPS) is 23.0. The van der Waals surface area contributed by atoms with Gasteiger partial charge in [-0.3, -0.25) is 0 Å². The van der Waals surface area contributed by atoms with Gasteiger partial charge < -0.3 is 20.2 Å². The molecule has 2 atom stereocenters. The van der Waals surface area contributed by atoms with Crippen molar-refractivity contribution in [2.45, 2.75) is 44.6 Å². The van der Waals surface area contributed by atoms with Gasteiger partial charge in [-0.2, -0.15) is 0 Å². The Morgan fingerprint density at radius 3 is 2.62 bits per heavy atom. The zero-order valence-corrected chi connectivity index (χ0v) is 16.6. The van der Waals surface area contributed by atoms with E-state index in [-0.39, 0.29) is 18.2 Å². The topological polar surface area (TPSA) is 55.8 Å². The van der Waals surface area contributed by atoms with Crippen LogP contribution in [-0.4, -0.2) is 66.8 Å². The highest BCUT2D eigenvalue weighted by molar-refractivity contribution is 5.74. The Morgan fingerprint density at radius 1 is 1.27 bits per heavy atom. The standard InChI is InChI=1S/C21H35N3O2/c1-18-8-7-12-21(16-18,23(2)3)17-22-20(26)24(14-15-25)13-11-19-9-5-4-6-10-19/h4-6,9-10,18,25H,7-8,11-17H2,1-3H3,(H,22,26). The number of benzene rings is 1. The Kier molecular flexibility index (Phi) is 7.91. The second-order valence-corrected chi connectivity index (χ2v) is 7.93. The van der Waals surface area contributed by atoms with Gasteiger partial charge >= 0.3 is 6.03 Å². The maximum Gasteiger partial charge on any atom is 0.317 e. The molecule has 1 aromatic rings. The van der Waals surface area contributed by atoms with Crippen LogP contribution in [0.2, 0.25) is 0 Å². The fourth-order valence-electron chi connectivity index (χ4n) is 4.05. The summed E-state index contributed by atoms with van der Waals surface area (Å²) in [6, 6.07) is 10.1. The fraction of sp³-hybridized carbons (Fsp3) is 0.667. The predicted molar refractivity (Wildman–Crippen MR) is 106 cm³/mol. The SMILES string of the molecule is CC1CCCC(CNC(=O)N(CCO)CCc2ccccc2)(N(C)C)C1. The molecule has 5 nitrogen and oxygen atoms in total. The van der Waals surface area contributed by atoms with Crippen molar-refractivity contribution in [2.24, 2.45) is 5.92 Å². The maximum atomic E-state index is 12.7. The number of hydrogen-bond donors (Lipinski definition) is 2. The molecule has 0 aliphatic heterocycles. The molecule has 2 unspecified atom stereocenters. The molecule has 1 aliphatic rings. The van der Waals surface area contributed by atoms with Gasteiger partial charge in [0.2, 0.25) is 0 Å². The Labute approximate surface area is 158 Å². The molecule has 0 radical (unpaired) electrons. The zero-order valence-electron chi connectivity index (χ0n) is 16.6. The van der Waals surface area contributed by atoms with E-state index in [1.807, 2.05) is 18.2 Å². The molecule has 0 bridgehead atoms. The van der Waals surface area contributed by atoms with Crippen LogP contribution < -0.4 is 5.32 Å². The van der Waals surface area contributed by atoms with Crippen LogP contribution in [0.15, 0.2) is 30.3 Å². The monoisotopic (exact) mass is 361 g/mol. The average Bonchev–Trinajstić information content (AvgIpc) is 2.64. The van der Waals surface area contributed by atoms with Crippen LogP contribution in [0.3, 0.4) is 0 Å². The van der Waals surface area contributed by atoms with E-state index in [9.17, 15) is 9.90 Å². The molecule has 0 aromatic heterocycles. The maximum absolute atomic E-state index is 12.7. The fourth-order valence-corrected chi connectivity index (χ4v) is 4.05. The number of carbonyl (C=O) groups is 1. The van der Waals surface area contributed by atoms with Crippen molar-refractivity contribution in [3.8, 4) is 0 Å². The summed E-state index contributed by atoms with van der Waals surface area (Å²) in [5.41, 5.74) is 1.24. The first-order valence-corrected chi connectivity index (χ1v) is 9.82. The van der Waals surface area contributed by atoms with Crippen LogP contribution in [0, 0.1) is 5.92 Å². The van der Waals surface area contributed by atoms with E-state index in [4.69, 9.17) is 0 Å². The number of amides is 2. The van der Waals surface area contributed by atoms with Crippen molar-refractivity contribution in [3.05, 3.63) is 35.9 Å². The van der Waals surface area contributed by atoms with Crippen molar-refractivity contribution in [3.63, 3.8) is 0 Å². The van der Waals surface area contributed by atoms with E-state index in [1.54, 1.807) is 4.90 Å². The lowest BCUT2D eigenvalue weighted by Gasteiger charge is -2.45. The predicted octanol–water partition coefficient (Wildman–Crippen LogP) is 2.74. The van der Waals surface area contributed by atoms with Gasteiger partial charge in [0.15, 0.2) is 0 Å². The highest BCUT2D eigenvalue weighted by atomic mass is 16.3. The van der Waals surface area contributed by atoms with Crippen molar-refractivity contribution in [1.82, 2.24) is 15.1 Å². The lowest BCUT2D eigenvalue weighted by molar-refractivity contribution is 0.0749. The Hall–Kier alpha value is -1.59. The van der Waals surface area contributed by atoms with Gasteiger partial charge in [-0.25, -0.2) is 4.79 Å². The smallest absolute Gasteiger partial charge is 0.317 e.